The minimum absolute atomic E-state index is 0.149. The molecule has 1 amide bonds. The third-order valence-electron chi connectivity index (χ3n) is 4.19. The summed E-state index contributed by atoms with van der Waals surface area (Å²) in [6.45, 7) is 4.39. The average molecular weight is 360 g/mol. The molecule has 3 rings (SSSR count). The predicted molar refractivity (Wildman–Crippen MR) is 94.4 cm³/mol. The minimum Gasteiger partial charge on any atom is -0.353 e. The van der Waals surface area contributed by atoms with Crippen LogP contribution < -0.4 is 4.90 Å². The van der Waals surface area contributed by atoms with E-state index in [1.807, 2.05) is 13.0 Å². The molecule has 1 aliphatic heterocycles. The smallest absolute Gasteiger partial charge is 0.254 e. The van der Waals surface area contributed by atoms with Crippen LogP contribution in [-0.2, 0) is 9.84 Å². The van der Waals surface area contributed by atoms with Crippen LogP contribution in [0, 0.1) is 6.92 Å². The Hall–Kier alpha value is -2.48. The summed E-state index contributed by atoms with van der Waals surface area (Å²) in [5.41, 5.74) is 1.30. The van der Waals surface area contributed by atoms with Gasteiger partial charge in [0.05, 0.1) is 4.90 Å². The second-order valence-corrected chi connectivity index (χ2v) is 8.11. The molecule has 0 N–H and O–H groups in total. The van der Waals surface area contributed by atoms with Crippen molar-refractivity contribution >= 4 is 21.6 Å². The minimum atomic E-state index is -3.33. The fourth-order valence-electron chi connectivity index (χ4n) is 2.79. The molecular weight excluding hydrogens is 340 g/mol. The van der Waals surface area contributed by atoms with Crippen LogP contribution in [0.1, 0.15) is 16.1 Å². The highest BCUT2D eigenvalue weighted by Gasteiger charge is 2.23. The number of benzene rings is 1. The lowest BCUT2D eigenvalue weighted by atomic mass is 10.2. The summed E-state index contributed by atoms with van der Waals surface area (Å²) >= 11 is 0. The van der Waals surface area contributed by atoms with E-state index in [1.54, 1.807) is 23.4 Å². The molecule has 1 aromatic carbocycles. The van der Waals surface area contributed by atoms with Gasteiger partial charge in [0.15, 0.2) is 9.84 Å². The Balaban J connectivity index is 1.70. The number of hydrogen-bond donors (Lipinski definition) is 0. The molecule has 0 spiro atoms. The number of sulfone groups is 1. The van der Waals surface area contributed by atoms with E-state index in [9.17, 15) is 13.2 Å². The highest BCUT2D eigenvalue weighted by atomic mass is 32.2. The molecule has 0 bridgehead atoms. The number of aromatic nitrogens is 2. The molecule has 7 nitrogen and oxygen atoms in total. The number of piperazine rings is 1. The van der Waals surface area contributed by atoms with Crippen molar-refractivity contribution in [3.05, 3.63) is 47.9 Å². The monoisotopic (exact) mass is 360 g/mol. The Morgan fingerprint density at radius 3 is 2.44 bits per heavy atom. The molecular formula is C17H20N4O3S. The lowest BCUT2D eigenvalue weighted by molar-refractivity contribution is 0.0746. The average Bonchev–Trinajstić information content (AvgIpc) is 2.61. The maximum Gasteiger partial charge on any atom is 0.254 e. The van der Waals surface area contributed by atoms with Crippen molar-refractivity contribution in [3.63, 3.8) is 0 Å². The Morgan fingerprint density at radius 2 is 1.80 bits per heavy atom. The molecule has 8 heteroatoms. The first kappa shape index (κ1) is 17.3. The molecule has 2 heterocycles. The van der Waals surface area contributed by atoms with Gasteiger partial charge < -0.3 is 9.80 Å². The number of carbonyl (C=O) groups excluding carboxylic acids is 1. The molecule has 2 aromatic rings. The van der Waals surface area contributed by atoms with E-state index in [0.29, 0.717) is 31.7 Å². The second-order valence-electron chi connectivity index (χ2n) is 6.10. The quantitative estimate of drug-likeness (QED) is 0.816. The molecule has 1 aromatic heterocycles. The molecule has 1 aliphatic rings. The van der Waals surface area contributed by atoms with Crippen LogP contribution >= 0.6 is 0 Å². The van der Waals surface area contributed by atoms with Gasteiger partial charge in [-0.15, -0.1) is 0 Å². The van der Waals surface area contributed by atoms with Crippen LogP contribution in [0.25, 0.3) is 0 Å². The molecule has 0 aliphatic carbocycles. The van der Waals surface area contributed by atoms with Crippen molar-refractivity contribution in [1.82, 2.24) is 14.9 Å². The maximum atomic E-state index is 12.7. The van der Waals surface area contributed by atoms with Crippen molar-refractivity contribution in [2.24, 2.45) is 0 Å². The second kappa shape index (κ2) is 6.79. The Bertz CT molecular complexity index is 890. The first-order valence-corrected chi connectivity index (χ1v) is 9.87. The lowest BCUT2D eigenvalue weighted by Crippen LogP contribution is -2.49. The van der Waals surface area contributed by atoms with Crippen molar-refractivity contribution in [2.75, 3.05) is 37.3 Å². The van der Waals surface area contributed by atoms with Crippen molar-refractivity contribution in [1.29, 1.82) is 0 Å². The zero-order valence-electron chi connectivity index (χ0n) is 14.2. The highest BCUT2D eigenvalue weighted by Crippen LogP contribution is 2.17. The summed E-state index contributed by atoms with van der Waals surface area (Å²) < 4.78 is 23.3. The van der Waals surface area contributed by atoms with E-state index < -0.39 is 9.84 Å². The number of anilines is 1. The van der Waals surface area contributed by atoms with Gasteiger partial charge in [-0.1, -0.05) is 6.07 Å². The lowest BCUT2D eigenvalue weighted by Gasteiger charge is -2.35. The van der Waals surface area contributed by atoms with E-state index in [4.69, 9.17) is 0 Å². The normalized spacial score (nSPS) is 15.3. The van der Waals surface area contributed by atoms with Gasteiger partial charge in [-0.2, -0.15) is 0 Å². The van der Waals surface area contributed by atoms with Crippen molar-refractivity contribution < 1.29 is 13.2 Å². The topological polar surface area (TPSA) is 83.5 Å². The van der Waals surface area contributed by atoms with Crippen molar-refractivity contribution in [2.45, 2.75) is 11.8 Å². The number of carbonyl (C=O) groups is 1. The third-order valence-corrected chi connectivity index (χ3v) is 5.30. The van der Waals surface area contributed by atoms with E-state index in [2.05, 4.69) is 14.9 Å². The highest BCUT2D eigenvalue weighted by molar-refractivity contribution is 7.90. The molecule has 25 heavy (non-hydrogen) atoms. The van der Waals surface area contributed by atoms with Gasteiger partial charge in [0.1, 0.15) is 12.1 Å². The molecule has 0 saturated carbocycles. The summed E-state index contributed by atoms with van der Waals surface area (Å²) in [7, 11) is -3.33. The largest absolute Gasteiger partial charge is 0.353 e. The SMILES string of the molecule is Cc1cc(N2CCN(C(=O)c3cccc(S(C)(=O)=O)c3)CC2)ncn1. The van der Waals surface area contributed by atoms with Gasteiger partial charge in [0, 0.05) is 49.8 Å². The third kappa shape index (κ3) is 3.96. The standard InChI is InChI=1S/C17H20N4O3S/c1-13-10-16(19-12-18-13)20-6-8-21(9-7-20)17(22)14-4-3-5-15(11-14)25(2,23)24/h3-5,10-12H,6-9H2,1-2H3. The summed E-state index contributed by atoms with van der Waals surface area (Å²) in [6, 6.07) is 8.12. The van der Waals surface area contributed by atoms with Crippen LogP contribution in [0.4, 0.5) is 5.82 Å². The number of rotatable bonds is 3. The zero-order valence-corrected chi connectivity index (χ0v) is 15.0. The van der Waals surface area contributed by atoms with Gasteiger partial charge in [0.25, 0.3) is 5.91 Å². The van der Waals surface area contributed by atoms with Gasteiger partial charge in [0.2, 0.25) is 0 Å². The summed E-state index contributed by atoms with van der Waals surface area (Å²) in [6.07, 6.45) is 2.68. The number of amides is 1. The molecule has 0 unspecified atom stereocenters. The van der Waals surface area contributed by atoms with Gasteiger partial charge in [-0.3, -0.25) is 4.79 Å². The fraction of sp³-hybridized carbons (Fsp3) is 0.353. The van der Waals surface area contributed by atoms with E-state index in [-0.39, 0.29) is 10.8 Å². The molecule has 1 saturated heterocycles. The maximum absolute atomic E-state index is 12.7. The van der Waals surface area contributed by atoms with Crippen molar-refractivity contribution in [3.8, 4) is 0 Å². The van der Waals surface area contributed by atoms with E-state index in [0.717, 1.165) is 17.8 Å². The van der Waals surface area contributed by atoms with E-state index in [1.165, 1.54) is 12.1 Å². The Morgan fingerprint density at radius 1 is 1.08 bits per heavy atom. The number of hydrogen-bond acceptors (Lipinski definition) is 6. The van der Waals surface area contributed by atoms with Crippen LogP contribution in [-0.4, -0.2) is 61.6 Å². The number of aryl methyl sites for hydroxylation is 1. The molecule has 0 atom stereocenters. The van der Waals surface area contributed by atoms with Gasteiger partial charge >= 0.3 is 0 Å². The molecule has 0 radical (unpaired) electrons. The van der Waals surface area contributed by atoms with Crippen LogP contribution in [0.3, 0.4) is 0 Å². The Kier molecular flexibility index (Phi) is 4.71. The van der Waals surface area contributed by atoms with Gasteiger partial charge in [-0.25, -0.2) is 18.4 Å². The van der Waals surface area contributed by atoms with Crippen LogP contribution in [0.2, 0.25) is 0 Å². The van der Waals surface area contributed by atoms with Gasteiger partial charge in [-0.05, 0) is 25.1 Å². The molecule has 1 fully saturated rings. The van der Waals surface area contributed by atoms with E-state index >= 15 is 0 Å². The number of nitrogens with zero attached hydrogens (tertiary/aromatic N) is 4. The Labute approximate surface area is 147 Å². The fourth-order valence-corrected chi connectivity index (χ4v) is 3.46. The molecule has 132 valence electrons. The summed E-state index contributed by atoms with van der Waals surface area (Å²) in [4.78, 5) is 25.1. The predicted octanol–water partition coefficient (Wildman–Crippen LogP) is 1.15. The summed E-state index contributed by atoms with van der Waals surface area (Å²) in [5.74, 6) is 0.711. The van der Waals surface area contributed by atoms with Crippen LogP contribution in [0.15, 0.2) is 41.6 Å². The summed E-state index contributed by atoms with van der Waals surface area (Å²) in [5, 5.41) is 0. The first-order valence-electron chi connectivity index (χ1n) is 7.97. The zero-order chi connectivity index (χ0) is 18.0. The first-order chi connectivity index (χ1) is 11.8. The van der Waals surface area contributed by atoms with Crippen LogP contribution in [0.5, 0.6) is 0 Å².